The Balaban J connectivity index is 2.85. The monoisotopic (exact) mass is 230 g/mol. The number of sulfonamides is 1. The Hall–Kier alpha value is -1.27. The third-order valence-corrected chi connectivity index (χ3v) is 2.50. The van der Waals surface area contributed by atoms with E-state index in [4.69, 9.17) is 10.5 Å². The van der Waals surface area contributed by atoms with Crippen LogP contribution in [0.3, 0.4) is 0 Å². The van der Waals surface area contributed by atoms with E-state index in [0.717, 1.165) is 11.8 Å². The van der Waals surface area contributed by atoms with Crippen LogP contribution < -0.4 is 15.2 Å². The lowest BCUT2D eigenvalue weighted by Gasteiger charge is -2.09. The van der Waals surface area contributed by atoms with Crippen LogP contribution in [0.1, 0.15) is 5.56 Å². The van der Waals surface area contributed by atoms with E-state index < -0.39 is 10.0 Å². The van der Waals surface area contributed by atoms with Crippen LogP contribution >= 0.6 is 0 Å². The van der Waals surface area contributed by atoms with Gasteiger partial charge >= 0.3 is 0 Å². The highest BCUT2D eigenvalue weighted by atomic mass is 32.2. The number of benzene rings is 1. The lowest BCUT2D eigenvalue weighted by atomic mass is 10.2. The van der Waals surface area contributed by atoms with Gasteiger partial charge in [0, 0.05) is 23.9 Å². The van der Waals surface area contributed by atoms with E-state index in [1.807, 2.05) is 0 Å². The van der Waals surface area contributed by atoms with Gasteiger partial charge in [-0.05, 0) is 6.07 Å². The summed E-state index contributed by atoms with van der Waals surface area (Å²) in [6.45, 7) is 0.197. The van der Waals surface area contributed by atoms with Gasteiger partial charge in [-0.25, -0.2) is 13.1 Å². The number of hydrogen-bond acceptors (Lipinski definition) is 4. The Kier molecular flexibility index (Phi) is 3.54. The standard InChI is InChI=1S/C9H14N2O3S/c1-14-9-5-8(10)4-3-7(9)6-11-15(2,12)13/h3-5,11H,6,10H2,1-2H3. The van der Waals surface area contributed by atoms with Crippen LogP contribution in [-0.4, -0.2) is 21.8 Å². The van der Waals surface area contributed by atoms with Gasteiger partial charge in [-0.1, -0.05) is 6.07 Å². The van der Waals surface area contributed by atoms with Gasteiger partial charge in [-0.2, -0.15) is 0 Å². The van der Waals surface area contributed by atoms with E-state index in [0.29, 0.717) is 11.4 Å². The van der Waals surface area contributed by atoms with Crippen LogP contribution in [0.4, 0.5) is 5.69 Å². The molecule has 0 unspecified atom stereocenters. The quantitative estimate of drug-likeness (QED) is 0.730. The number of hydrogen-bond donors (Lipinski definition) is 2. The summed E-state index contributed by atoms with van der Waals surface area (Å²) in [6, 6.07) is 5.08. The summed E-state index contributed by atoms with van der Waals surface area (Å²) in [7, 11) is -1.68. The lowest BCUT2D eigenvalue weighted by Crippen LogP contribution is -2.21. The van der Waals surface area contributed by atoms with E-state index in [1.54, 1.807) is 18.2 Å². The molecule has 1 aromatic rings. The Morgan fingerprint density at radius 3 is 2.67 bits per heavy atom. The number of nitrogen functional groups attached to an aromatic ring is 1. The summed E-state index contributed by atoms with van der Waals surface area (Å²) >= 11 is 0. The second-order valence-electron chi connectivity index (χ2n) is 3.16. The maximum Gasteiger partial charge on any atom is 0.209 e. The number of methoxy groups -OCH3 is 1. The molecular formula is C9H14N2O3S. The molecule has 0 fully saturated rings. The second kappa shape index (κ2) is 4.50. The Morgan fingerprint density at radius 1 is 1.47 bits per heavy atom. The molecule has 1 aromatic carbocycles. The Bertz CT molecular complexity index is 443. The number of anilines is 1. The number of nitrogens with two attached hydrogens (primary N) is 1. The van der Waals surface area contributed by atoms with Crippen LogP contribution in [-0.2, 0) is 16.6 Å². The van der Waals surface area contributed by atoms with Crippen molar-refractivity contribution >= 4 is 15.7 Å². The number of rotatable bonds is 4. The Labute approximate surface area is 89.3 Å². The van der Waals surface area contributed by atoms with Gasteiger partial charge in [0.1, 0.15) is 5.75 Å². The average molecular weight is 230 g/mol. The van der Waals surface area contributed by atoms with Crippen molar-refractivity contribution in [3.05, 3.63) is 23.8 Å². The zero-order valence-electron chi connectivity index (χ0n) is 8.65. The second-order valence-corrected chi connectivity index (χ2v) is 5.00. The summed E-state index contributed by atoms with van der Waals surface area (Å²) in [6.07, 6.45) is 1.11. The number of nitrogens with one attached hydrogen (secondary N) is 1. The van der Waals surface area contributed by atoms with Gasteiger partial charge in [0.15, 0.2) is 0 Å². The zero-order chi connectivity index (χ0) is 11.5. The molecule has 0 aliphatic rings. The predicted octanol–water partition coefficient (Wildman–Crippen LogP) is 0.327. The molecule has 0 heterocycles. The van der Waals surface area contributed by atoms with Gasteiger partial charge in [0.05, 0.1) is 13.4 Å². The van der Waals surface area contributed by atoms with Crippen molar-refractivity contribution in [2.45, 2.75) is 6.54 Å². The van der Waals surface area contributed by atoms with Gasteiger partial charge in [-0.3, -0.25) is 0 Å². The highest BCUT2D eigenvalue weighted by molar-refractivity contribution is 7.88. The van der Waals surface area contributed by atoms with Crippen molar-refractivity contribution in [2.24, 2.45) is 0 Å². The van der Waals surface area contributed by atoms with Gasteiger partial charge in [0.25, 0.3) is 0 Å². The van der Waals surface area contributed by atoms with Crippen LogP contribution in [0.5, 0.6) is 5.75 Å². The van der Waals surface area contributed by atoms with Crippen molar-refractivity contribution in [1.29, 1.82) is 0 Å². The molecule has 3 N–H and O–H groups in total. The lowest BCUT2D eigenvalue weighted by molar-refractivity contribution is 0.409. The largest absolute Gasteiger partial charge is 0.496 e. The molecule has 5 nitrogen and oxygen atoms in total. The van der Waals surface area contributed by atoms with Crippen molar-refractivity contribution in [3.63, 3.8) is 0 Å². The first-order valence-electron chi connectivity index (χ1n) is 4.29. The molecule has 0 atom stereocenters. The molecule has 0 saturated heterocycles. The van der Waals surface area contributed by atoms with Crippen LogP contribution in [0.2, 0.25) is 0 Å². The zero-order valence-corrected chi connectivity index (χ0v) is 9.47. The van der Waals surface area contributed by atoms with Gasteiger partial charge in [0.2, 0.25) is 10.0 Å². The minimum atomic E-state index is -3.19. The molecule has 0 spiro atoms. The molecule has 1 rings (SSSR count). The molecule has 0 radical (unpaired) electrons. The maximum absolute atomic E-state index is 10.9. The summed E-state index contributed by atoms with van der Waals surface area (Å²) < 4.78 is 29.2. The minimum absolute atomic E-state index is 0.197. The van der Waals surface area contributed by atoms with Crippen LogP contribution in [0.15, 0.2) is 18.2 Å². The summed E-state index contributed by atoms with van der Waals surface area (Å²) in [4.78, 5) is 0. The number of ether oxygens (including phenoxy) is 1. The fourth-order valence-electron chi connectivity index (χ4n) is 1.12. The first-order chi connectivity index (χ1) is 6.92. The van der Waals surface area contributed by atoms with E-state index >= 15 is 0 Å². The average Bonchev–Trinajstić information content (AvgIpc) is 2.14. The van der Waals surface area contributed by atoms with E-state index in [9.17, 15) is 8.42 Å². The molecule has 0 amide bonds. The van der Waals surface area contributed by atoms with Gasteiger partial charge < -0.3 is 10.5 Å². The van der Waals surface area contributed by atoms with Crippen LogP contribution in [0.25, 0.3) is 0 Å². The van der Waals surface area contributed by atoms with E-state index in [1.165, 1.54) is 7.11 Å². The van der Waals surface area contributed by atoms with E-state index in [-0.39, 0.29) is 6.54 Å². The van der Waals surface area contributed by atoms with Crippen molar-refractivity contribution in [1.82, 2.24) is 4.72 Å². The molecule has 0 bridgehead atoms. The fraction of sp³-hybridized carbons (Fsp3) is 0.333. The first-order valence-corrected chi connectivity index (χ1v) is 6.18. The topological polar surface area (TPSA) is 81.4 Å². The highest BCUT2D eigenvalue weighted by Crippen LogP contribution is 2.21. The molecule has 0 aliphatic heterocycles. The molecule has 0 saturated carbocycles. The SMILES string of the molecule is COc1cc(N)ccc1CNS(C)(=O)=O. The van der Waals surface area contributed by atoms with E-state index in [2.05, 4.69) is 4.72 Å². The molecule has 0 aliphatic carbocycles. The third kappa shape index (κ3) is 3.77. The van der Waals surface area contributed by atoms with Gasteiger partial charge in [-0.15, -0.1) is 0 Å². The van der Waals surface area contributed by atoms with Crippen LogP contribution in [0, 0.1) is 0 Å². The Morgan fingerprint density at radius 2 is 2.13 bits per heavy atom. The first kappa shape index (κ1) is 11.8. The van der Waals surface area contributed by atoms with Crippen molar-refractivity contribution in [2.75, 3.05) is 19.1 Å². The van der Waals surface area contributed by atoms with Crippen molar-refractivity contribution < 1.29 is 13.2 Å². The maximum atomic E-state index is 10.9. The highest BCUT2D eigenvalue weighted by Gasteiger charge is 2.06. The summed E-state index contributed by atoms with van der Waals surface area (Å²) in [5.41, 5.74) is 6.89. The molecule has 0 aromatic heterocycles. The normalized spacial score (nSPS) is 11.3. The summed E-state index contributed by atoms with van der Waals surface area (Å²) in [5.74, 6) is 0.575. The minimum Gasteiger partial charge on any atom is -0.496 e. The molecule has 6 heteroatoms. The fourth-order valence-corrected chi connectivity index (χ4v) is 1.53. The predicted molar refractivity (Wildman–Crippen MR) is 59.1 cm³/mol. The molecule has 15 heavy (non-hydrogen) atoms. The molecular weight excluding hydrogens is 216 g/mol. The summed E-state index contributed by atoms with van der Waals surface area (Å²) in [5, 5.41) is 0. The van der Waals surface area contributed by atoms with Crippen molar-refractivity contribution in [3.8, 4) is 5.75 Å². The molecule has 84 valence electrons. The third-order valence-electron chi connectivity index (χ3n) is 1.84. The smallest absolute Gasteiger partial charge is 0.209 e.